The molecule has 0 saturated heterocycles. The van der Waals surface area contributed by atoms with Crippen molar-refractivity contribution in [2.45, 2.75) is 17.9 Å². The summed E-state index contributed by atoms with van der Waals surface area (Å²) in [6, 6.07) is 10.4. The number of benzene rings is 1. The summed E-state index contributed by atoms with van der Waals surface area (Å²) in [6.45, 7) is 2.09. The van der Waals surface area contributed by atoms with E-state index >= 15 is 0 Å². The van der Waals surface area contributed by atoms with Crippen LogP contribution in [0, 0.1) is 18.3 Å². The average Bonchev–Trinajstić information content (AvgIpc) is 2.22. The summed E-state index contributed by atoms with van der Waals surface area (Å²) < 4.78 is 0. The van der Waals surface area contributed by atoms with Gasteiger partial charge in [-0.2, -0.15) is 5.26 Å². The van der Waals surface area contributed by atoms with Crippen LogP contribution in [0.3, 0.4) is 0 Å². The lowest BCUT2D eigenvalue weighted by Crippen LogP contribution is -2.25. The maximum atomic E-state index is 8.75. The summed E-state index contributed by atoms with van der Waals surface area (Å²) in [6.07, 6.45) is 0. The van der Waals surface area contributed by atoms with E-state index in [1.807, 2.05) is 19.2 Å². The van der Waals surface area contributed by atoms with E-state index in [-0.39, 0.29) is 6.04 Å². The van der Waals surface area contributed by atoms with Crippen molar-refractivity contribution in [2.24, 2.45) is 0 Å². The molecule has 1 unspecified atom stereocenters. The molecule has 0 radical (unpaired) electrons. The highest BCUT2D eigenvalue weighted by molar-refractivity contribution is 7.99. The third-order valence-corrected chi connectivity index (χ3v) is 3.27. The Balaban J connectivity index is 2.54. The second-order valence-corrected chi connectivity index (χ2v) is 4.11. The summed E-state index contributed by atoms with van der Waals surface area (Å²) >= 11 is 1.72. The van der Waals surface area contributed by atoms with Crippen molar-refractivity contribution >= 4 is 11.8 Å². The lowest BCUT2D eigenvalue weighted by Gasteiger charge is -2.08. The average molecular weight is 206 g/mol. The van der Waals surface area contributed by atoms with E-state index in [1.165, 1.54) is 10.5 Å². The van der Waals surface area contributed by atoms with Gasteiger partial charge in [-0.15, -0.1) is 11.8 Å². The molecule has 1 aromatic carbocycles. The zero-order valence-corrected chi connectivity index (χ0v) is 9.27. The van der Waals surface area contributed by atoms with Gasteiger partial charge in [0, 0.05) is 10.6 Å². The molecular weight excluding hydrogens is 192 g/mol. The highest BCUT2D eigenvalue weighted by atomic mass is 32.2. The number of thioether (sulfide) groups is 1. The van der Waals surface area contributed by atoms with Crippen LogP contribution in [0.25, 0.3) is 0 Å². The van der Waals surface area contributed by atoms with Gasteiger partial charge >= 0.3 is 0 Å². The van der Waals surface area contributed by atoms with Crippen LogP contribution in [-0.2, 0) is 0 Å². The van der Waals surface area contributed by atoms with Crippen molar-refractivity contribution in [3.63, 3.8) is 0 Å². The Morgan fingerprint density at radius 3 is 2.79 bits per heavy atom. The van der Waals surface area contributed by atoms with E-state index in [1.54, 1.807) is 11.8 Å². The molecule has 0 amide bonds. The Kier molecular flexibility index (Phi) is 4.51. The first kappa shape index (κ1) is 11.1. The molecule has 0 fully saturated rings. The quantitative estimate of drug-likeness (QED) is 0.767. The summed E-state index contributed by atoms with van der Waals surface area (Å²) in [7, 11) is 1.81. The lowest BCUT2D eigenvalue weighted by atomic mass is 10.2. The number of nitriles is 1. The molecule has 74 valence electrons. The maximum absolute atomic E-state index is 8.75. The van der Waals surface area contributed by atoms with E-state index in [0.717, 1.165) is 5.75 Å². The van der Waals surface area contributed by atoms with Gasteiger partial charge in [-0.1, -0.05) is 18.2 Å². The summed E-state index contributed by atoms with van der Waals surface area (Å²) in [5.41, 5.74) is 1.27. The van der Waals surface area contributed by atoms with E-state index in [9.17, 15) is 0 Å². The minimum Gasteiger partial charge on any atom is -0.304 e. The zero-order chi connectivity index (χ0) is 10.4. The van der Waals surface area contributed by atoms with Crippen LogP contribution in [0.4, 0.5) is 0 Å². The van der Waals surface area contributed by atoms with Crippen molar-refractivity contribution in [1.29, 1.82) is 5.26 Å². The molecule has 2 nitrogen and oxygen atoms in total. The molecule has 0 aromatic heterocycles. The van der Waals surface area contributed by atoms with Crippen molar-refractivity contribution in [3.05, 3.63) is 29.8 Å². The van der Waals surface area contributed by atoms with E-state index in [4.69, 9.17) is 5.26 Å². The van der Waals surface area contributed by atoms with Crippen LogP contribution >= 0.6 is 11.8 Å². The second-order valence-electron chi connectivity index (χ2n) is 3.05. The maximum Gasteiger partial charge on any atom is 0.104 e. The Hall–Kier alpha value is -0.980. The first-order valence-electron chi connectivity index (χ1n) is 4.53. The highest BCUT2D eigenvalue weighted by Crippen LogP contribution is 2.22. The third-order valence-electron chi connectivity index (χ3n) is 2.00. The minimum absolute atomic E-state index is 0.0698. The van der Waals surface area contributed by atoms with Crippen molar-refractivity contribution in [1.82, 2.24) is 5.32 Å². The smallest absolute Gasteiger partial charge is 0.104 e. The third kappa shape index (κ3) is 3.06. The van der Waals surface area contributed by atoms with Crippen molar-refractivity contribution in [2.75, 3.05) is 12.8 Å². The fourth-order valence-corrected chi connectivity index (χ4v) is 2.13. The Labute approximate surface area is 89.3 Å². The first-order valence-corrected chi connectivity index (χ1v) is 5.51. The van der Waals surface area contributed by atoms with Gasteiger partial charge < -0.3 is 5.32 Å². The molecule has 0 aliphatic heterocycles. The van der Waals surface area contributed by atoms with Gasteiger partial charge in [-0.05, 0) is 25.6 Å². The number of nitrogens with one attached hydrogen (secondary N) is 1. The Bertz CT molecular complexity index is 330. The SMILES string of the molecule is CNC(C#N)CSc1ccccc1C. The predicted molar refractivity (Wildman–Crippen MR) is 60.4 cm³/mol. The topological polar surface area (TPSA) is 35.8 Å². The highest BCUT2D eigenvalue weighted by Gasteiger charge is 2.05. The molecule has 1 atom stereocenters. The number of hydrogen-bond donors (Lipinski definition) is 1. The minimum atomic E-state index is -0.0698. The van der Waals surface area contributed by atoms with Crippen LogP contribution in [-0.4, -0.2) is 18.8 Å². The molecule has 0 heterocycles. The lowest BCUT2D eigenvalue weighted by molar-refractivity contribution is 0.750. The van der Waals surface area contributed by atoms with Crippen LogP contribution in [0.15, 0.2) is 29.2 Å². The summed E-state index contributed by atoms with van der Waals surface area (Å²) in [4.78, 5) is 1.25. The van der Waals surface area contributed by atoms with Crippen molar-refractivity contribution < 1.29 is 0 Å². The number of hydrogen-bond acceptors (Lipinski definition) is 3. The summed E-state index contributed by atoms with van der Waals surface area (Å²) in [5.74, 6) is 0.790. The standard InChI is InChI=1S/C11H14N2S/c1-9-5-3-4-6-11(9)14-8-10(7-12)13-2/h3-6,10,13H,8H2,1-2H3. The normalized spacial score (nSPS) is 12.1. The fraction of sp³-hybridized carbons (Fsp3) is 0.364. The molecule has 0 spiro atoms. The van der Waals surface area contributed by atoms with E-state index in [0.29, 0.717) is 0 Å². The van der Waals surface area contributed by atoms with E-state index < -0.39 is 0 Å². The van der Waals surface area contributed by atoms with Gasteiger partial charge in [0.05, 0.1) is 6.07 Å². The molecular formula is C11H14N2S. The molecule has 0 aliphatic rings. The molecule has 1 N–H and O–H groups in total. The van der Waals surface area contributed by atoms with E-state index in [2.05, 4.69) is 30.4 Å². The van der Waals surface area contributed by atoms with Gasteiger partial charge in [0.2, 0.25) is 0 Å². The zero-order valence-electron chi connectivity index (χ0n) is 8.45. The van der Waals surface area contributed by atoms with Gasteiger partial charge in [0.1, 0.15) is 6.04 Å². The fourth-order valence-electron chi connectivity index (χ4n) is 1.08. The Morgan fingerprint density at radius 1 is 1.50 bits per heavy atom. The monoisotopic (exact) mass is 206 g/mol. The number of nitrogens with zero attached hydrogens (tertiary/aromatic N) is 1. The molecule has 0 bridgehead atoms. The van der Waals surface area contributed by atoms with Crippen LogP contribution < -0.4 is 5.32 Å². The van der Waals surface area contributed by atoms with Crippen LogP contribution in [0.1, 0.15) is 5.56 Å². The molecule has 1 rings (SSSR count). The second kappa shape index (κ2) is 5.69. The number of rotatable bonds is 4. The van der Waals surface area contributed by atoms with Gasteiger partial charge in [-0.3, -0.25) is 0 Å². The molecule has 1 aromatic rings. The molecule has 0 aliphatic carbocycles. The van der Waals surface area contributed by atoms with Gasteiger partial charge in [0.15, 0.2) is 0 Å². The molecule has 0 saturated carbocycles. The predicted octanol–water partition coefficient (Wildman–Crippen LogP) is 2.20. The van der Waals surface area contributed by atoms with Crippen molar-refractivity contribution in [3.8, 4) is 6.07 Å². The van der Waals surface area contributed by atoms with Gasteiger partial charge in [0.25, 0.3) is 0 Å². The van der Waals surface area contributed by atoms with Crippen LogP contribution in [0.5, 0.6) is 0 Å². The summed E-state index contributed by atoms with van der Waals surface area (Å²) in [5, 5.41) is 11.7. The number of aryl methyl sites for hydroxylation is 1. The molecule has 14 heavy (non-hydrogen) atoms. The molecule has 3 heteroatoms. The Morgan fingerprint density at radius 2 is 2.21 bits per heavy atom. The van der Waals surface area contributed by atoms with Gasteiger partial charge in [-0.25, -0.2) is 0 Å². The van der Waals surface area contributed by atoms with Crippen LogP contribution in [0.2, 0.25) is 0 Å². The first-order chi connectivity index (χ1) is 6.77. The largest absolute Gasteiger partial charge is 0.304 e.